The Kier molecular flexibility index (Phi) is 5.11. The van der Waals surface area contributed by atoms with E-state index in [-0.39, 0.29) is 6.42 Å². The van der Waals surface area contributed by atoms with Gasteiger partial charge >= 0.3 is 5.97 Å². The highest BCUT2D eigenvalue weighted by atomic mass is 16.5. The van der Waals surface area contributed by atoms with Crippen LogP contribution in [-0.2, 0) is 4.79 Å². The van der Waals surface area contributed by atoms with Crippen LogP contribution < -0.4 is 10.1 Å². The summed E-state index contributed by atoms with van der Waals surface area (Å²) in [5, 5.41) is 11.4. The van der Waals surface area contributed by atoms with Crippen LogP contribution in [0.1, 0.15) is 22.3 Å². The van der Waals surface area contributed by atoms with Gasteiger partial charge in [0.2, 0.25) is 0 Å². The molecule has 1 atom stereocenters. The first-order chi connectivity index (χ1) is 8.99. The lowest BCUT2D eigenvalue weighted by atomic mass is 10.1. The fourth-order valence-electron chi connectivity index (χ4n) is 1.59. The predicted molar refractivity (Wildman–Crippen MR) is 71.4 cm³/mol. The third-order valence-corrected chi connectivity index (χ3v) is 2.68. The molecule has 0 fully saturated rings. The summed E-state index contributed by atoms with van der Waals surface area (Å²) < 4.78 is 5.12. The highest BCUT2D eigenvalue weighted by Gasteiger charge is 2.19. The van der Waals surface area contributed by atoms with Crippen LogP contribution in [0.4, 0.5) is 0 Å². The number of carboxylic acids is 1. The Hall–Kier alpha value is -2.30. The summed E-state index contributed by atoms with van der Waals surface area (Å²) >= 11 is 0. The minimum atomic E-state index is -1.09. The maximum atomic E-state index is 11.9. The molecule has 0 bridgehead atoms. The lowest BCUT2D eigenvalue weighted by Gasteiger charge is -2.13. The molecule has 0 saturated carbocycles. The molecule has 102 valence electrons. The van der Waals surface area contributed by atoms with Crippen molar-refractivity contribution < 1.29 is 19.4 Å². The molecule has 1 unspecified atom stereocenters. The van der Waals surface area contributed by atoms with Crippen LogP contribution in [0.15, 0.2) is 30.9 Å². The van der Waals surface area contributed by atoms with Crippen molar-refractivity contribution >= 4 is 11.9 Å². The minimum Gasteiger partial charge on any atom is -0.496 e. The molecule has 1 amide bonds. The molecule has 1 aromatic rings. The molecule has 0 radical (unpaired) electrons. The number of hydrogen-bond acceptors (Lipinski definition) is 3. The number of carbonyl (C=O) groups is 2. The number of hydrogen-bond donors (Lipinski definition) is 2. The first kappa shape index (κ1) is 14.8. The lowest BCUT2D eigenvalue weighted by Crippen LogP contribution is -2.40. The van der Waals surface area contributed by atoms with Crippen LogP contribution in [0.5, 0.6) is 5.75 Å². The van der Waals surface area contributed by atoms with E-state index in [1.165, 1.54) is 13.2 Å². The Labute approximate surface area is 111 Å². The van der Waals surface area contributed by atoms with Crippen LogP contribution in [0, 0.1) is 6.92 Å². The Morgan fingerprint density at radius 3 is 2.74 bits per heavy atom. The highest BCUT2D eigenvalue weighted by molar-refractivity contribution is 5.97. The molecular weight excluding hydrogens is 246 g/mol. The van der Waals surface area contributed by atoms with Crippen LogP contribution in [-0.4, -0.2) is 30.1 Å². The molecule has 0 aromatic heterocycles. The van der Waals surface area contributed by atoms with E-state index in [1.54, 1.807) is 18.2 Å². The smallest absolute Gasteiger partial charge is 0.326 e. The molecule has 0 heterocycles. The largest absolute Gasteiger partial charge is 0.496 e. The monoisotopic (exact) mass is 263 g/mol. The van der Waals surface area contributed by atoms with Crippen molar-refractivity contribution in [1.82, 2.24) is 5.32 Å². The normalized spacial score (nSPS) is 11.5. The average molecular weight is 263 g/mol. The molecular formula is C14H17NO4. The standard InChI is InChI=1S/C14H17NO4/c1-4-5-11(14(17)18)15-13(16)10-7-6-9(2)12(8-10)19-3/h4,6-8,11H,1,5H2,2-3H3,(H,15,16)(H,17,18). The zero-order chi connectivity index (χ0) is 14.4. The second-order valence-electron chi connectivity index (χ2n) is 4.07. The van der Waals surface area contributed by atoms with E-state index in [2.05, 4.69) is 11.9 Å². The quantitative estimate of drug-likeness (QED) is 0.767. The SMILES string of the molecule is C=CCC(NC(=O)c1ccc(C)c(OC)c1)C(=O)O. The van der Waals surface area contributed by atoms with Gasteiger partial charge in [-0.05, 0) is 31.0 Å². The molecule has 0 saturated heterocycles. The topological polar surface area (TPSA) is 75.6 Å². The molecule has 1 aromatic carbocycles. The predicted octanol–water partition coefficient (Wildman–Crippen LogP) is 1.76. The van der Waals surface area contributed by atoms with E-state index >= 15 is 0 Å². The third-order valence-electron chi connectivity index (χ3n) is 2.68. The second kappa shape index (κ2) is 6.58. The fraction of sp³-hybridized carbons (Fsp3) is 0.286. The maximum absolute atomic E-state index is 11.9. The molecule has 1 rings (SSSR count). The minimum absolute atomic E-state index is 0.171. The molecule has 19 heavy (non-hydrogen) atoms. The second-order valence-corrected chi connectivity index (χ2v) is 4.07. The van der Waals surface area contributed by atoms with Crippen molar-refractivity contribution in [3.05, 3.63) is 42.0 Å². The van der Waals surface area contributed by atoms with Crippen LogP contribution >= 0.6 is 0 Å². The van der Waals surface area contributed by atoms with Crippen molar-refractivity contribution in [2.75, 3.05) is 7.11 Å². The Balaban J connectivity index is 2.88. The molecule has 0 spiro atoms. The van der Waals surface area contributed by atoms with Crippen LogP contribution in [0.2, 0.25) is 0 Å². The first-order valence-electron chi connectivity index (χ1n) is 5.78. The summed E-state index contributed by atoms with van der Waals surface area (Å²) in [5.41, 5.74) is 1.26. The molecule has 2 N–H and O–H groups in total. The molecule has 5 heteroatoms. The van der Waals surface area contributed by atoms with Crippen molar-refractivity contribution in [2.45, 2.75) is 19.4 Å². The summed E-state index contributed by atoms with van der Waals surface area (Å²) in [4.78, 5) is 22.9. The number of aryl methyl sites for hydroxylation is 1. The van der Waals surface area contributed by atoms with E-state index in [4.69, 9.17) is 9.84 Å². The van der Waals surface area contributed by atoms with Gasteiger partial charge in [0.05, 0.1) is 7.11 Å². The van der Waals surface area contributed by atoms with Crippen molar-refractivity contribution in [2.24, 2.45) is 0 Å². The Morgan fingerprint density at radius 2 is 2.21 bits per heavy atom. The number of amides is 1. The van der Waals surface area contributed by atoms with Gasteiger partial charge in [-0.25, -0.2) is 4.79 Å². The Morgan fingerprint density at radius 1 is 1.53 bits per heavy atom. The zero-order valence-corrected chi connectivity index (χ0v) is 11.0. The van der Waals surface area contributed by atoms with Gasteiger partial charge in [-0.2, -0.15) is 0 Å². The van der Waals surface area contributed by atoms with E-state index < -0.39 is 17.9 Å². The maximum Gasteiger partial charge on any atom is 0.326 e. The summed E-state index contributed by atoms with van der Waals surface area (Å²) in [6.45, 7) is 5.33. The third kappa shape index (κ3) is 3.84. The van der Waals surface area contributed by atoms with Gasteiger partial charge in [0, 0.05) is 5.56 Å². The average Bonchev–Trinajstić information content (AvgIpc) is 2.38. The van der Waals surface area contributed by atoms with E-state index in [0.29, 0.717) is 11.3 Å². The van der Waals surface area contributed by atoms with Crippen LogP contribution in [0.25, 0.3) is 0 Å². The van der Waals surface area contributed by atoms with Gasteiger partial charge in [-0.15, -0.1) is 6.58 Å². The number of nitrogens with one attached hydrogen (secondary N) is 1. The van der Waals surface area contributed by atoms with Gasteiger partial charge in [-0.1, -0.05) is 12.1 Å². The number of ether oxygens (including phenoxy) is 1. The zero-order valence-electron chi connectivity index (χ0n) is 11.0. The highest BCUT2D eigenvalue weighted by Crippen LogP contribution is 2.19. The number of methoxy groups -OCH3 is 1. The van der Waals surface area contributed by atoms with Gasteiger partial charge in [-0.3, -0.25) is 4.79 Å². The van der Waals surface area contributed by atoms with Crippen molar-refractivity contribution in [1.29, 1.82) is 0 Å². The van der Waals surface area contributed by atoms with E-state index in [0.717, 1.165) is 5.56 Å². The van der Waals surface area contributed by atoms with Gasteiger partial charge in [0.25, 0.3) is 5.91 Å². The number of benzene rings is 1. The summed E-state index contributed by atoms with van der Waals surface area (Å²) in [6.07, 6.45) is 1.62. The summed E-state index contributed by atoms with van der Waals surface area (Å²) in [7, 11) is 1.52. The Bertz CT molecular complexity index is 496. The number of carboxylic acid groups (broad SMARTS) is 1. The van der Waals surface area contributed by atoms with E-state index in [1.807, 2.05) is 6.92 Å². The lowest BCUT2D eigenvalue weighted by molar-refractivity contribution is -0.139. The number of aliphatic carboxylic acids is 1. The molecule has 5 nitrogen and oxygen atoms in total. The number of carbonyl (C=O) groups excluding carboxylic acids is 1. The van der Waals surface area contributed by atoms with Gasteiger partial charge in [0.15, 0.2) is 0 Å². The van der Waals surface area contributed by atoms with Gasteiger partial charge in [0.1, 0.15) is 11.8 Å². The molecule has 0 aliphatic carbocycles. The van der Waals surface area contributed by atoms with Gasteiger partial charge < -0.3 is 15.2 Å². The summed E-state index contributed by atoms with van der Waals surface area (Å²) in [6, 6.07) is 3.98. The van der Waals surface area contributed by atoms with Crippen molar-refractivity contribution in [3.63, 3.8) is 0 Å². The molecule has 0 aliphatic heterocycles. The summed E-state index contributed by atoms with van der Waals surface area (Å²) in [5.74, 6) is -0.955. The molecule has 0 aliphatic rings. The van der Waals surface area contributed by atoms with Crippen LogP contribution in [0.3, 0.4) is 0 Å². The fourth-order valence-corrected chi connectivity index (χ4v) is 1.59. The van der Waals surface area contributed by atoms with Crippen molar-refractivity contribution in [3.8, 4) is 5.75 Å². The van der Waals surface area contributed by atoms with E-state index in [9.17, 15) is 9.59 Å². The number of rotatable bonds is 6. The first-order valence-corrected chi connectivity index (χ1v) is 5.78.